The Morgan fingerprint density at radius 1 is 1.19 bits per heavy atom. The molecule has 3 rings (SSSR count). The average molecular weight is 474 g/mol. The summed E-state index contributed by atoms with van der Waals surface area (Å²) in [5, 5.41) is 5.23. The van der Waals surface area contributed by atoms with Crippen LogP contribution in [-0.2, 0) is 10.2 Å². The number of aromatic nitrogens is 1. The number of ether oxygens (including phenoxy) is 2. The third-order valence-corrected chi connectivity index (χ3v) is 5.66. The van der Waals surface area contributed by atoms with E-state index in [4.69, 9.17) is 26.8 Å². The van der Waals surface area contributed by atoms with Crippen LogP contribution in [0.5, 0.6) is 11.5 Å². The molecule has 2 aromatic carbocycles. The van der Waals surface area contributed by atoms with E-state index in [-0.39, 0.29) is 34.1 Å². The first kappa shape index (κ1) is 23.6. The Labute approximate surface area is 195 Å². The minimum Gasteiger partial charge on any atom is -0.493 e. The van der Waals surface area contributed by atoms with E-state index < -0.39 is 11.8 Å². The van der Waals surface area contributed by atoms with Gasteiger partial charge < -0.3 is 15.2 Å². The van der Waals surface area contributed by atoms with Gasteiger partial charge in [0.2, 0.25) is 0 Å². The molecule has 0 fully saturated rings. The zero-order valence-corrected chi connectivity index (χ0v) is 19.8. The molecule has 7 nitrogen and oxygen atoms in total. The first-order valence-electron chi connectivity index (χ1n) is 9.75. The van der Waals surface area contributed by atoms with Crippen molar-refractivity contribution in [2.75, 3.05) is 19.0 Å². The third-order valence-electron chi connectivity index (χ3n) is 4.62. The van der Waals surface area contributed by atoms with Gasteiger partial charge in [-0.1, -0.05) is 56.6 Å². The fraction of sp³-hybridized carbons (Fsp3) is 0.261. The number of methoxy groups -OCH3 is 1. The fourth-order valence-corrected chi connectivity index (χ4v) is 3.89. The smallest absolute Gasteiger partial charge is 0.257 e. The highest BCUT2D eigenvalue weighted by Gasteiger charge is 2.18. The van der Waals surface area contributed by atoms with Crippen molar-refractivity contribution in [3.8, 4) is 22.8 Å². The van der Waals surface area contributed by atoms with Crippen molar-refractivity contribution in [1.29, 1.82) is 0 Å². The van der Waals surface area contributed by atoms with Gasteiger partial charge in [0.25, 0.3) is 11.8 Å². The van der Waals surface area contributed by atoms with Crippen molar-refractivity contribution in [2.24, 2.45) is 5.73 Å². The summed E-state index contributed by atoms with van der Waals surface area (Å²) in [6, 6.07) is 11.1. The summed E-state index contributed by atoms with van der Waals surface area (Å²) < 4.78 is 10.5. The van der Waals surface area contributed by atoms with Gasteiger partial charge in [0.15, 0.2) is 23.2 Å². The van der Waals surface area contributed by atoms with E-state index in [1.165, 1.54) is 36.1 Å². The molecule has 1 aromatic heterocycles. The van der Waals surface area contributed by atoms with Crippen LogP contribution in [0.1, 0.15) is 36.7 Å². The third kappa shape index (κ3) is 5.57. The highest BCUT2D eigenvalue weighted by atomic mass is 35.5. The normalized spacial score (nSPS) is 11.2. The molecule has 0 saturated heterocycles. The van der Waals surface area contributed by atoms with Gasteiger partial charge in [0.1, 0.15) is 0 Å². The SMILES string of the molecule is COc1cc(C(=O)Nc2nc(-c3ccc(C(C)(C)C)cc3)cs2)cc(Cl)c1OCC(N)=O. The van der Waals surface area contributed by atoms with Crippen LogP contribution in [0.2, 0.25) is 5.02 Å². The van der Waals surface area contributed by atoms with Crippen molar-refractivity contribution in [3.05, 3.63) is 57.9 Å². The van der Waals surface area contributed by atoms with E-state index in [1.54, 1.807) is 0 Å². The molecular weight excluding hydrogens is 450 g/mol. The molecule has 0 spiro atoms. The van der Waals surface area contributed by atoms with E-state index in [2.05, 4.69) is 43.2 Å². The van der Waals surface area contributed by atoms with Gasteiger partial charge in [-0.05, 0) is 23.1 Å². The van der Waals surface area contributed by atoms with Crippen LogP contribution in [0.15, 0.2) is 41.8 Å². The molecule has 0 atom stereocenters. The molecule has 2 amide bonds. The Morgan fingerprint density at radius 3 is 2.47 bits per heavy atom. The Bertz CT molecular complexity index is 1140. The number of thiazole rings is 1. The molecule has 0 aliphatic heterocycles. The van der Waals surface area contributed by atoms with Crippen LogP contribution in [0.4, 0.5) is 5.13 Å². The molecule has 0 unspecified atom stereocenters. The van der Waals surface area contributed by atoms with Crippen molar-refractivity contribution < 1.29 is 19.1 Å². The second kappa shape index (κ2) is 9.58. The topological polar surface area (TPSA) is 104 Å². The van der Waals surface area contributed by atoms with E-state index in [9.17, 15) is 9.59 Å². The van der Waals surface area contributed by atoms with Gasteiger partial charge in [-0.2, -0.15) is 0 Å². The molecular formula is C23H24ClN3O4S. The second-order valence-corrected chi connectivity index (χ2v) is 9.33. The number of carbonyl (C=O) groups is 2. The number of halogens is 1. The standard InChI is InChI=1S/C23H24ClN3O4S/c1-23(2,3)15-7-5-13(6-8-15)17-12-32-22(26-17)27-21(29)14-9-16(24)20(18(10-14)30-4)31-11-19(25)28/h5-10,12H,11H2,1-4H3,(H2,25,28)(H,26,27,29). The zero-order valence-electron chi connectivity index (χ0n) is 18.2. The molecule has 0 radical (unpaired) electrons. The predicted molar refractivity (Wildman–Crippen MR) is 127 cm³/mol. The fourth-order valence-electron chi connectivity index (χ4n) is 2.91. The van der Waals surface area contributed by atoms with Gasteiger partial charge in [-0.25, -0.2) is 4.98 Å². The largest absolute Gasteiger partial charge is 0.493 e. The molecule has 1 heterocycles. The number of benzene rings is 2. The minimum absolute atomic E-state index is 0.0719. The molecule has 0 saturated carbocycles. The summed E-state index contributed by atoms with van der Waals surface area (Å²) in [4.78, 5) is 28.2. The van der Waals surface area contributed by atoms with Crippen molar-refractivity contribution in [2.45, 2.75) is 26.2 Å². The Balaban J connectivity index is 1.76. The lowest BCUT2D eigenvalue weighted by Crippen LogP contribution is -2.20. The van der Waals surface area contributed by atoms with Gasteiger partial charge >= 0.3 is 0 Å². The molecule has 32 heavy (non-hydrogen) atoms. The summed E-state index contributed by atoms with van der Waals surface area (Å²) in [6.07, 6.45) is 0. The minimum atomic E-state index is -0.655. The van der Waals surface area contributed by atoms with Crippen LogP contribution >= 0.6 is 22.9 Å². The number of nitrogens with one attached hydrogen (secondary N) is 1. The van der Waals surface area contributed by atoms with Crippen LogP contribution in [0.3, 0.4) is 0 Å². The van der Waals surface area contributed by atoms with Gasteiger partial charge in [-0.15, -0.1) is 11.3 Å². The Kier molecular flexibility index (Phi) is 7.06. The van der Waals surface area contributed by atoms with Crippen LogP contribution in [0.25, 0.3) is 11.3 Å². The number of nitrogens with two attached hydrogens (primary N) is 1. The number of primary amides is 1. The summed E-state index contributed by atoms with van der Waals surface area (Å²) in [6.45, 7) is 6.13. The second-order valence-electron chi connectivity index (χ2n) is 8.06. The Morgan fingerprint density at radius 2 is 1.88 bits per heavy atom. The first-order valence-corrected chi connectivity index (χ1v) is 11.0. The summed E-state index contributed by atoms with van der Waals surface area (Å²) in [5.74, 6) is -0.712. The summed E-state index contributed by atoms with van der Waals surface area (Å²) in [5.41, 5.74) is 8.40. The molecule has 9 heteroatoms. The lowest BCUT2D eigenvalue weighted by atomic mass is 9.86. The maximum atomic E-state index is 12.7. The summed E-state index contributed by atoms with van der Waals surface area (Å²) in [7, 11) is 1.41. The highest BCUT2D eigenvalue weighted by molar-refractivity contribution is 7.14. The lowest BCUT2D eigenvalue weighted by Gasteiger charge is -2.18. The average Bonchev–Trinajstić information content (AvgIpc) is 3.20. The van der Waals surface area contributed by atoms with Gasteiger partial charge in [0.05, 0.1) is 17.8 Å². The van der Waals surface area contributed by atoms with E-state index >= 15 is 0 Å². The number of carbonyl (C=O) groups excluding carboxylic acids is 2. The first-order chi connectivity index (χ1) is 15.1. The maximum absolute atomic E-state index is 12.7. The van der Waals surface area contributed by atoms with Crippen molar-refractivity contribution in [3.63, 3.8) is 0 Å². The molecule has 168 valence electrons. The molecule has 0 bridgehead atoms. The summed E-state index contributed by atoms with van der Waals surface area (Å²) >= 11 is 7.54. The number of anilines is 1. The molecule has 3 aromatic rings. The predicted octanol–water partition coefficient (Wildman–Crippen LogP) is 4.89. The van der Waals surface area contributed by atoms with Crippen molar-refractivity contribution in [1.82, 2.24) is 4.98 Å². The number of amides is 2. The van der Waals surface area contributed by atoms with Crippen molar-refractivity contribution >= 4 is 39.9 Å². The molecule has 0 aliphatic rings. The molecule has 0 aliphatic carbocycles. The maximum Gasteiger partial charge on any atom is 0.257 e. The monoisotopic (exact) mass is 473 g/mol. The number of rotatable bonds is 7. The number of hydrogen-bond donors (Lipinski definition) is 2. The Hall–Kier alpha value is -3.10. The van der Waals surface area contributed by atoms with Crippen LogP contribution < -0.4 is 20.5 Å². The number of nitrogens with zero attached hydrogens (tertiary/aromatic N) is 1. The highest BCUT2D eigenvalue weighted by Crippen LogP contribution is 2.37. The quantitative estimate of drug-likeness (QED) is 0.508. The van der Waals surface area contributed by atoms with Crippen LogP contribution in [0, 0.1) is 0 Å². The zero-order chi connectivity index (χ0) is 23.5. The van der Waals surface area contributed by atoms with Crippen LogP contribution in [-0.4, -0.2) is 30.5 Å². The lowest BCUT2D eigenvalue weighted by molar-refractivity contribution is -0.119. The molecule has 3 N–H and O–H groups in total. The van der Waals surface area contributed by atoms with Gasteiger partial charge in [-0.3, -0.25) is 14.9 Å². The van der Waals surface area contributed by atoms with E-state index in [0.29, 0.717) is 5.13 Å². The van der Waals surface area contributed by atoms with Gasteiger partial charge in [0, 0.05) is 16.5 Å². The van der Waals surface area contributed by atoms with E-state index in [1.807, 2.05) is 17.5 Å². The number of hydrogen-bond acceptors (Lipinski definition) is 6. The van der Waals surface area contributed by atoms with E-state index in [0.717, 1.165) is 11.3 Å².